The van der Waals surface area contributed by atoms with Gasteiger partial charge in [0.15, 0.2) is 0 Å². The summed E-state index contributed by atoms with van der Waals surface area (Å²) >= 11 is 0. The first kappa shape index (κ1) is 28.6. The molecule has 4 aliphatic rings. The predicted octanol–water partition coefficient (Wildman–Crippen LogP) is 5.61. The summed E-state index contributed by atoms with van der Waals surface area (Å²) in [6.07, 6.45) is 6.36. The van der Waals surface area contributed by atoms with Gasteiger partial charge in [0.25, 0.3) is 0 Å². The fourth-order valence-corrected chi connectivity index (χ4v) is 8.56. The van der Waals surface area contributed by atoms with Crippen LogP contribution in [0, 0.1) is 45.8 Å². The first-order valence-corrected chi connectivity index (χ1v) is 14.5. The van der Waals surface area contributed by atoms with E-state index in [1.54, 1.807) is 12.5 Å². The van der Waals surface area contributed by atoms with Crippen molar-refractivity contribution in [1.82, 2.24) is 0 Å². The van der Waals surface area contributed by atoms with Crippen LogP contribution in [0.15, 0.2) is 34.7 Å². The summed E-state index contributed by atoms with van der Waals surface area (Å²) in [5.41, 5.74) is -0.0944. The zero-order valence-corrected chi connectivity index (χ0v) is 24.7. The minimum absolute atomic E-state index is 0.00445. The van der Waals surface area contributed by atoms with Gasteiger partial charge in [-0.1, -0.05) is 53.2 Å². The average molecular weight is 555 g/mol. The Morgan fingerprint density at radius 2 is 1.88 bits per heavy atom. The fourth-order valence-electron chi connectivity index (χ4n) is 8.56. The number of methoxy groups -OCH3 is 1. The van der Waals surface area contributed by atoms with Gasteiger partial charge in [0.2, 0.25) is 0 Å². The molecule has 2 heterocycles. The van der Waals surface area contributed by atoms with Gasteiger partial charge in [-0.2, -0.15) is 0 Å². The van der Waals surface area contributed by atoms with Gasteiger partial charge in [0.05, 0.1) is 37.9 Å². The van der Waals surface area contributed by atoms with Crippen molar-refractivity contribution in [2.24, 2.45) is 45.8 Å². The maximum Gasteiger partial charge on any atom is 0.308 e. The molecule has 1 saturated heterocycles. The first-order valence-electron chi connectivity index (χ1n) is 14.5. The molecule has 8 nitrogen and oxygen atoms in total. The summed E-state index contributed by atoms with van der Waals surface area (Å²) in [5.74, 6) is -2.73. The summed E-state index contributed by atoms with van der Waals surface area (Å²) in [6.45, 7) is 11.9. The second-order valence-electron chi connectivity index (χ2n) is 13.4. The minimum Gasteiger partial charge on any atom is -0.472 e. The maximum atomic E-state index is 14.4. The van der Waals surface area contributed by atoms with Crippen LogP contribution in [0.3, 0.4) is 0 Å². The Bertz CT molecular complexity index is 1230. The molecule has 9 atom stereocenters. The third-order valence-electron chi connectivity index (χ3n) is 11.1. The van der Waals surface area contributed by atoms with Gasteiger partial charge in [-0.3, -0.25) is 19.2 Å². The zero-order chi connectivity index (χ0) is 29.2. The summed E-state index contributed by atoms with van der Waals surface area (Å²) < 4.78 is 22.6. The van der Waals surface area contributed by atoms with Crippen molar-refractivity contribution in [2.75, 3.05) is 7.11 Å². The lowest BCUT2D eigenvalue weighted by molar-refractivity contribution is -0.198. The third kappa shape index (κ3) is 4.07. The Balaban J connectivity index is 1.65. The quantitative estimate of drug-likeness (QED) is 0.254. The van der Waals surface area contributed by atoms with Crippen molar-refractivity contribution in [2.45, 2.75) is 85.9 Å². The lowest BCUT2D eigenvalue weighted by atomic mass is 9.40. The number of carbonyl (C=O) groups is 4. The molecule has 8 heteroatoms. The van der Waals surface area contributed by atoms with Gasteiger partial charge < -0.3 is 18.6 Å². The van der Waals surface area contributed by atoms with Crippen molar-refractivity contribution >= 4 is 23.7 Å². The molecule has 0 unspecified atom stereocenters. The number of esters is 3. The second kappa shape index (κ2) is 9.88. The van der Waals surface area contributed by atoms with Gasteiger partial charge >= 0.3 is 17.9 Å². The highest BCUT2D eigenvalue weighted by molar-refractivity contribution is 5.93. The van der Waals surface area contributed by atoms with Crippen molar-refractivity contribution < 1.29 is 37.8 Å². The van der Waals surface area contributed by atoms with Crippen LogP contribution in [-0.2, 0) is 33.4 Å². The minimum atomic E-state index is -0.889. The van der Waals surface area contributed by atoms with Crippen LogP contribution in [0.25, 0.3) is 0 Å². The molecule has 3 fully saturated rings. The van der Waals surface area contributed by atoms with Crippen molar-refractivity contribution in [3.05, 3.63) is 35.8 Å². The number of ketones is 1. The van der Waals surface area contributed by atoms with Gasteiger partial charge in [-0.15, -0.1) is 0 Å². The topological polar surface area (TPSA) is 109 Å². The summed E-state index contributed by atoms with van der Waals surface area (Å²) in [6, 6.07) is 1.84. The zero-order valence-electron chi connectivity index (χ0n) is 24.7. The normalized spacial score (nSPS) is 38.7. The number of furan rings is 1. The van der Waals surface area contributed by atoms with Crippen LogP contribution < -0.4 is 0 Å². The highest BCUT2D eigenvalue weighted by Gasteiger charge is 2.69. The monoisotopic (exact) mass is 554 g/mol. The van der Waals surface area contributed by atoms with E-state index in [0.29, 0.717) is 12.8 Å². The molecule has 2 bridgehead atoms. The van der Waals surface area contributed by atoms with E-state index < -0.39 is 46.3 Å². The lowest BCUT2D eigenvalue weighted by Gasteiger charge is -2.63. The molecule has 0 spiro atoms. The number of ether oxygens (including phenoxy) is 3. The van der Waals surface area contributed by atoms with E-state index in [1.165, 1.54) is 7.11 Å². The average Bonchev–Trinajstić information content (AvgIpc) is 3.45. The molecule has 1 aliphatic heterocycles. The second-order valence-corrected chi connectivity index (χ2v) is 13.4. The third-order valence-corrected chi connectivity index (χ3v) is 11.1. The Labute approximate surface area is 236 Å². The highest BCUT2D eigenvalue weighted by Crippen LogP contribution is 2.68. The molecule has 40 heavy (non-hydrogen) atoms. The van der Waals surface area contributed by atoms with Gasteiger partial charge in [-0.25, -0.2) is 0 Å². The predicted molar refractivity (Wildman–Crippen MR) is 144 cm³/mol. The molecule has 1 aromatic rings. The molecule has 0 amide bonds. The summed E-state index contributed by atoms with van der Waals surface area (Å²) in [4.78, 5) is 53.4. The van der Waals surface area contributed by atoms with Crippen LogP contribution in [0.4, 0.5) is 0 Å². The number of rotatable bonds is 6. The number of hydrogen-bond acceptors (Lipinski definition) is 8. The Kier molecular flexibility index (Phi) is 7.07. The van der Waals surface area contributed by atoms with E-state index in [9.17, 15) is 19.2 Å². The number of Topliss-reactive ketones (excluding diaryl/α,β-unsaturated/α-hetero) is 1. The fraction of sp³-hybridized carbons (Fsp3) is 0.688. The summed E-state index contributed by atoms with van der Waals surface area (Å²) in [5, 5.41) is 0. The maximum absolute atomic E-state index is 14.4. The van der Waals surface area contributed by atoms with Crippen molar-refractivity contribution in [3.8, 4) is 0 Å². The lowest BCUT2D eigenvalue weighted by Crippen LogP contribution is -2.66. The van der Waals surface area contributed by atoms with E-state index in [4.69, 9.17) is 18.6 Å². The number of allylic oxidation sites excluding steroid dienone is 1. The summed E-state index contributed by atoms with van der Waals surface area (Å²) in [7, 11) is 1.35. The largest absolute Gasteiger partial charge is 0.472 e. The van der Waals surface area contributed by atoms with E-state index in [-0.39, 0.29) is 48.3 Å². The van der Waals surface area contributed by atoms with Crippen LogP contribution in [0.2, 0.25) is 0 Å². The van der Waals surface area contributed by atoms with Crippen molar-refractivity contribution in [3.63, 3.8) is 0 Å². The van der Waals surface area contributed by atoms with Crippen molar-refractivity contribution in [1.29, 1.82) is 0 Å². The van der Waals surface area contributed by atoms with E-state index in [0.717, 1.165) is 17.6 Å². The Morgan fingerprint density at radius 1 is 1.15 bits per heavy atom. The van der Waals surface area contributed by atoms with Gasteiger partial charge in [0.1, 0.15) is 18.0 Å². The van der Waals surface area contributed by atoms with E-state index in [1.807, 2.05) is 46.8 Å². The molecule has 0 radical (unpaired) electrons. The molecule has 1 aromatic heterocycles. The van der Waals surface area contributed by atoms with Gasteiger partial charge in [0, 0.05) is 28.2 Å². The van der Waals surface area contributed by atoms with Crippen LogP contribution in [0.1, 0.15) is 85.3 Å². The van der Waals surface area contributed by atoms with E-state index in [2.05, 4.69) is 6.92 Å². The smallest absolute Gasteiger partial charge is 0.308 e. The SMILES string of the molecule is CC[C@@H](C)C(=O)O[C@@H]1[C@@H]2C=C3[C@@H](CC[C@]4(C)[C@H]3CC(=O)O[C@H]4c3ccoc3)[C@@](C)(C2=O)[C@@H](CC(=O)OC)C1(C)C. The molecular formula is C32H42O8. The molecule has 3 aliphatic carbocycles. The van der Waals surface area contributed by atoms with Crippen LogP contribution in [-0.4, -0.2) is 36.9 Å². The van der Waals surface area contributed by atoms with E-state index >= 15 is 0 Å². The Hall–Kier alpha value is -2.90. The molecule has 0 aromatic carbocycles. The number of fused-ring (bicyclic) bond motifs is 6. The molecule has 0 N–H and O–H groups in total. The highest BCUT2D eigenvalue weighted by atomic mass is 16.6. The Morgan fingerprint density at radius 3 is 2.50 bits per heavy atom. The number of cyclic esters (lactones) is 1. The number of hydrogen-bond donors (Lipinski definition) is 0. The van der Waals surface area contributed by atoms with Gasteiger partial charge in [-0.05, 0) is 43.1 Å². The first-order chi connectivity index (χ1) is 18.8. The molecule has 2 saturated carbocycles. The molecule has 218 valence electrons. The molecule has 5 rings (SSSR count). The molecular weight excluding hydrogens is 512 g/mol. The standard InChI is InChI=1S/C32H42O8/c1-8-17(2)29(36)40-28-20-13-19-21(32(6,26(20)35)23(30(28,3)4)15-24(33)37-7)9-11-31(5)22(19)14-25(34)39-27(31)18-10-12-38-16-18/h10,12-13,16-17,20-23,27-28H,8-9,11,14-15H2,1-7H3/t17-,20-,21-,22+,23+,27+,28-,31-,32-/m1/s1. The number of carbonyl (C=O) groups excluding carboxylic acids is 4. The van der Waals surface area contributed by atoms with Crippen LogP contribution in [0.5, 0.6) is 0 Å². The van der Waals surface area contributed by atoms with Crippen LogP contribution >= 0.6 is 0 Å².